The van der Waals surface area contributed by atoms with Crippen LogP contribution in [0.2, 0.25) is 10.0 Å². The summed E-state index contributed by atoms with van der Waals surface area (Å²) in [4.78, 5) is 12.5. The number of rotatable bonds is 5. The molecule has 0 bridgehead atoms. The van der Waals surface area contributed by atoms with Gasteiger partial charge in [-0.05, 0) is 60.5 Å². The van der Waals surface area contributed by atoms with E-state index in [2.05, 4.69) is 15.5 Å². The van der Waals surface area contributed by atoms with Gasteiger partial charge in [-0.2, -0.15) is 0 Å². The molecule has 0 fully saturated rings. The molecule has 2 aromatic carbocycles. The molecule has 0 aliphatic rings. The van der Waals surface area contributed by atoms with Crippen LogP contribution in [0.5, 0.6) is 0 Å². The van der Waals surface area contributed by atoms with Crippen LogP contribution in [0.1, 0.15) is 15.9 Å². The van der Waals surface area contributed by atoms with Crippen LogP contribution in [0.3, 0.4) is 0 Å². The van der Waals surface area contributed by atoms with Crippen molar-refractivity contribution in [3.05, 3.63) is 88.0 Å². The minimum Gasteiger partial charge on any atom is -0.352 e. The highest BCUT2D eigenvalue weighted by molar-refractivity contribution is 6.30. The molecular formula is C21H16Cl2N4O. The highest BCUT2D eigenvalue weighted by atomic mass is 35.5. The van der Waals surface area contributed by atoms with Crippen LogP contribution in [0.15, 0.2) is 66.9 Å². The second kappa shape index (κ2) is 8.00. The highest BCUT2D eigenvalue weighted by Crippen LogP contribution is 2.21. The maximum Gasteiger partial charge on any atom is 0.252 e. The molecule has 0 aliphatic heterocycles. The molecule has 1 N–H and O–H groups in total. The highest BCUT2D eigenvalue weighted by Gasteiger charge is 2.12. The van der Waals surface area contributed by atoms with Crippen LogP contribution in [-0.4, -0.2) is 27.0 Å². The van der Waals surface area contributed by atoms with Crippen molar-refractivity contribution in [2.45, 2.75) is 6.42 Å². The normalized spacial score (nSPS) is 10.9. The van der Waals surface area contributed by atoms with E-state index in [-0.39, 0.29) is 5.91 Å². The van der Waals surface area contributed by atoms with Gasteiger partial charge in [-0.3, -0.25) is 9.20 Å². The van der Waals surface area contributed by atoms with Gasteiger partial charge in [0.2, 0.25) is 0 Å². The summed E-state index contributed by atoms with van der Waals surface area (Å²) in [6.45, 7) is 0.532. The summed E-state index contributed by atoms with van der Waals surface area (Å²) < 4.78 is 1.80. The number of nitrogens with one attached hydrogen (secondary N) is 1. The quantitative estimate of drug-likeness (QED) is 0.519. The average molecular weight is 411 g/mol. The molecule has 0 radical (unpaired) electrons. The lowest BCUT2D eigenvalue weighted by Crippen LogP contribution is -2.25. The van der Waals surface area contributed by atoms with Crippen molar-refractivity contribution in [1.29, 1.82) is 0 Å². The number of halogens is 2. The van der Waals surface area contributed by atoms with Crippen LogP contribution in [0, 0.1) is 0 Å². The van der Waals surface area contributed by atoms with Crippen LogP contribution >= 0.6 is 23.2 Å². The van der Waals surface area contributed by atoms with Crippen molar-refractivity contribution >= 4 is 34.8 Å². The molecule has 0 spiro atoms. The monoisotopic (exact) mass is 410 g/mol. The molecule has 2 heterocycles. The fourth-order valence-corrected chi connectivity index (χ4v) is 3.15. The van der Waals surface area contributed by atoms with E-state index in [0.717, 1.165) is 17.5 Å². The third-order valence-corrected chi connectivity index (χ3v) is 4.88. The zero-order valence-corrected chi connectivity index (χ0v) is 16.3. The van der Waals surface area contributed by atoms with Gasteiger partial charge >= 0.3 is 0 Å². The predicted molar refractivity (Wildman–Crippen MR) is 111 cm³/mol. The lowest BCUT2D eigenvalue weighted by Gasteiger charge is -2.07. The van der Waals surface area contributed by atoms with Crippen LogP contribution in [0.4, 0.5) is 0 Å². The Hall–Kier alpha value is -2.89. The second-order valence-electron chi connectivity index (χ2n) is 6.31. The number of nitrogens with zero attached hydrogens (tertiary/aromatic N) is 3. The van der Waals surface area contributed by atoms with E-state index in [1.165, 1.54) is 0 Å². The van der Waals surface area contributed by atoms with Crippen LogP contribution in [0.25, 0.3) is 17.0 Å². The second-order valence-corrected chi connectivity index (χ2v) is 7.18. The Morgan fingerprint density at radius 2 is 1.57 bits per heavy atom. The van der Waals surface area contributed by atoms with Gasteiger partial charge in [0, 0.05) is 28.4 Å². The lowest BCUT2D eigenvalue weighted by atomic mass is 10.1. The summed E-state index contributed by atoms with van der Waals surface area (Å²) in [6.07, 6.45) is 2.48. The van der Waals surface area contributed by atoms with Gasteiger partial charge in [-0.1, -0.05) is 35.3 Å². The fraction of sp³-hybridized carbons (Fsp3) is 0.0952. The maximum absolute atomic E-state index is 12.5. The van der Waals surface area contributed by atoms with Gasteiger partial charge in [-0.25, -0.2) is 0 Å². The number of aromatic nitrogens is 3. The number of fused-ring (bicyclic) bond motifs is 1. The third kappa shape index (κ3) is 4.01. The Bertz CT molecular complexity index is 1120. The molecule has 5 nitrogen and oxygen atoms in total. The van der Waals surface area contributed by atoms with Gasteiger partial charge in [0.25, 0.3) is 5.91 Å². The Labute approximate surface area is 171 Å². The zero-order chi connectivity index (χ0) is 19.5. The minimum atomic E-state index is -0.147. The van der Waals surface area contributed by atoms with E-state index < -0.39 is 0 Å². The Morgan fingerprint density at radius 1 is 0.893 bits per heavy atom. The number of hydrogen-bond acceptors (Lipinski definition) is 3. The van der Waals surface area contributed by atoms with E-state index in [9.17, 15) is 4.79 Å². The van der Waals surface area contributed by atoms with E-state index >= 15 is 0 Å². The van der Waals surface area contributed by atoms with Crippen molar-refractivity contribution in [3.63, 3.8) is 0 Å². The van der Waals surface area contributed by atoms with Crippen LogP contribution in [-0.2, 0) is 6.42 Å². The van der Waals surface area contributed by atoms with E-state index in [4.69, 9.17) is 23.2 Å². The first-order valence-corrected chi connectivity index (χ1v) is 9.49. The summed E-state index contributed by atoms with van der Waals surface area (Å²) in [5, 5.41) is 12.7. The van der Waals surface area contributed by atoms with Crippen LogP contribution < -0.4 is 5.32 Å². The predicted octanol–water partition coefficient (Wildman–Crippen LogP) is 4.68. The van der Waals surface area contributed by atoms with Crippen molar-refractivity contribution in [1.82, 2.24) is 19.9 Å². The Kier molecular flexibility index (Phi) is 5.28. The van der Waals surface area contributed by atoms with Crippen molar-refractivity contribution in [2.24, 2.45) is 0 Å². The van der Waals surface area contributed by atoms with Crippen molar-refractivity contribution in [3.8, 4) is 11.4 Å². The first-order valence-electron chi connectivity index (χ1n) is 8.73. The summed E-state index contributed by atoms with van der Waals surface area (Å²) in [5.41, 5.74) is 3.20. The Morgan fingerprint density at radius 3 is 2.29 bits per heavy atom. The minimum absolute atomic E-state index is 0.147. The Balaban J connectivity index is 1.50. The number of benzene rings is 2. The smallest absolute Gasteiger partial charge is 0.252 e. The molecule has 4 rings (SSSR count). The lowest BCUT2D eigenvalue weighted by molar-refractivity contribution is 0.0953. The SMILES string of the molecule is O=C(NCCc1ccc(Cl)cc1)c1ccc2nnc(-c3ccc(Cl)cc3)n2c1. The summed E-state index contributed by atoms with van der Waals surface area (Å²) in [5.74, 6) is 0.508. The molecule has 0 saturated carbocycles. The fourth-order valence-electron chi connectivity index (χ4n) is 2.89. The third-order valence-electron chi connectivity index (χ3n) is 4.38. The number of carbonyl (C=O) groups is 1. The van der Waals surface area contributed by atoms with Crippen molar-refractivity contribution in [2.75, 3.05) is 6.54 Å². The topological polar surface area (TPSA) is 59.3 Å². The maximum atomic E-state index is 12.5. The molecule has 2 aromatic heterocycles. The molecule has 1 amide bonds. The van der Waals surface area contributed by atoms with E-state index in [1.807, 2.05) is 36.4 Å². The summed E-state index contributed by atoms with van der Waals surface area (Å²) in [6, 6.07) is 18.5. The molecule has 0 unspecified atom stereocenters. The van der Waals surface area contributed by atoms with Gasteiger partial charge < -0.3 is 5.32 Å². The van der Waals surface area contributed by atoms with E-state index in [1.54, 1.807) is 34.9 Å². The number of hydrogen-bond donors (Lipinski definition) is 1. The van der Waals surface area contributed by atoms with Crippen molar-refractivity contribution < 1.29 is 4.79 Å². The summed E-state index contributed by atoms with van der Waals surface area (Å²) >= 11 is 11.8. The van der Waals surface area contributed by atoms with Gasteiger partial charge in [0.05, 0.1) is 5.56 Å². The largest absolute Gasteiger partial charge is 0.352 e. The molecular weight excluding hydrogens is 395 g/mol. The zero-order valence-electron chi connectivity index (χ0n) is 14.8. The molecule has 140 valence electrons. The first-order chi connectivity index (χ1) is 13.6. The number of amides is 1. The van der Waals surface area contributed by atoms with Gasteiger partial charge in [0.1, 0.15) is 0 Å². The molecule has 28 heavy (non-hydrogen) atoms. The molecule has 0 saturated heterocycles. The van der Waals surface area contributed by atoms with Gasteiger partial charge in [-0.15, -0.1) is 10.2 Å². The first kappa shape index (κ1) is 18.5. The molecule has 4 aromatic rings. The average Bonchev–Trinajstić information content (AvgIpc) is 3.13. The molecule has 7 heteroatoms. The number of pyridine rings is 1. The molecule has 0 atom stereocenters. The standard InChI is InChI=1S/C21H16Cl2N4O/c22-17-6-1-14(2-7-17)11-12-24-21(28)16-5-10-19-25-26-20(27(19)13-16)15-3-8-18(23)9-4-15/h1-10,13H,11-12H2,(H,24,28). The van der Waals surface area contributed by atoms with Gasteiger partial charge in [0.15, 0.2) is 11.5 Å². The summed E-state index contributed by atoms with van der Waals surface area (Å²) in [7, 11) is 0. The number of carbonyl (C=O) groups excluding carboxylic acids is 1. The van der Waals surface area contributed by atoms with E-state index in [0.29, 0.717) is 33.6 Å². The molecule has 0 aliphatic carbocycles.